The van der Waals surface area contributed by atoms with Gasteiger partial charge >= 0.3 is 11.9 Å². The van der Waals surface area contributed by atoms with Crippen LogP contribution in [0.15, 0.2) is 12.2 Å². The number of aliphatic hydroxyl groups is 1. The Bertz CT molecular complexity index is 453. The first-order valence-corrected chi connectivity index (χ1v) is 6.89. The third-order valence-electron chi connectivity index (χ3n) is 3.78. The third kappa shape index (κ3) is 4.08. The number of carbonyl (C=O) groups is 2. The number of allylic oxidation sites excluding steroid dienone is 2. The summed E-state index contributed by atoms with van der Waals surface area (Å²) in [5.41, 5.74) is -1.42. The zero-order chi connectivity index (χ0) is 15.9. The van der Waals surface area contributed by atoms with E-state index in [4.69, 9.17) is 14.6 Å². The van der Waals surface area contributed by atoms with Crippen molar-refractivity contribution in [3.63, 3.8) is 0 Å². The highest BCUT2D eigenvalue weighted by atomic mass is 16.5. The maximum absolute atomic E-state index is 12.1. The SMILES string of the molecule is CC#CCC(C/C=C/[C@H]1C[C@H]1CO)(C(=O)OC)C(=O)OC. The van der Waals surface area contributed by atoms with Gasteiger partial charge in [0.15, 0.2) is 5.41 Å². The number of methoxy groups -OCH3 is 2. The number of hydrogen-bond donors (Lipinski definition) is 1. The lowest BCUT2D eigenvalue weighted by molar-refractivity contribution is -0.168. The van der Waals surface area contributed by atoms with E-state index in [1.54, 1.807) is 13.0 Å². The monoisotopic (exact) mass is 294 g/mol. The molecule has 0 heterocycles. The maximum Gasteiger partial charge on any atom is 0.324 e. The first-order valence-electron chi connectivity index (χ1n) is 6.89. The van der Waals surface area contributed by atoms with E-state index in [-0.39, 0.29) is 19.4 Å². The summed E-state index contributed by atoms with van der Waals surface area (Å²) in [5.74, 6) is 4.78. The molecule has 0 radical (unpaired) electrons. The van der Waals surface area contributed by atoms with Crippen LogP contribution in [0.2, 0.25) is 0 Å². The Hall–Kier alpha value is -1.80. The van der Waals surface area contributed by atoms with Crippen LogP contribution in [0, 0.1) is 29.1 Å². The molecule has 0 unspecified atom stereocenters. The standard InChI is InChI=1S/C16H22O5/c1-4-5-8-16(14(18)20-2,15(19)21-3)9-6-7-12-10-13(12)11-17/h6-7,12-13,17H,8-11H2,1-3H3/b7-6+/t12-,13-/m0/s1. The lowest BCUT2D eigenvalue weighted by atomic mass is 9.81. The molecule has 1 saturated carbocycles. The number of carbonyl (C=O) groups excluding carboxylic acids is 2. The molecule has 5 heteroatoms. The van der Waals surface area contributed by atoms with Gasteiger partial charge in [-0.3, -0.25) is 9.59 Å². The highest BCUT2D eigenvalue weighted by Gasteiger charge is 2.47. The summed E-state index contributed by atoms with van der Waals surface area (Å²) >= 11 is 0. The van der Waals surface area contributed by atoms with Gasteiger partial charge in [0, 0.05) is 13.0 Å². The fourth-order valence-corrected chi connectivity index (χ4v) is 2.26. The highest BCUT2D eigenvalue weighted by Crippen LogP contribution is 2.40. The largest absolute Gasteiger partial charge is 0.468 e. The van der Waals surface area contributed by atoms with E-state index >= 15 is 0 Å². The van der Waals surface area contributed by atoms with Crippen LogP contribution in [0.4, 0.5) is 0 Å². The van der Waals surface area contributed by atoms with Crippen molar-refractivity contribution in [3.8, 4) is 11.8 Å². The predicted molar refractivity (Wildman–Crippen MR) is 77.0 cm³/mol. The summed E-state index contributed by atoms with van der Waals surface area (Å²) in [5, 5.41) is 9.00. The predicted octanol–water partition coefficient (Wildman–Crippen LogP) is 1.31. The van der Waals surface area contributed by atoms with E-state index in [9.17, 15) is 9.59 Å². The normalized spacial score (nSPS) is 20.6. The minimum atomic E-state index is -1.42. The van der Waals surface area contributed by atoms with Crippen LogP contribution in [-0.4, -0.2) is 37.9 Å². The van der Waals surface area contributed by atoms with E-state index < -0.39 is 17.4 Å². The molecule has 21 heavy (non-hydrogen) atoms. The average molecular weight is 294 g/mol. The van der Waals surface area contributed by atoms with Gasteiger partial charge in [0.1, 0.15) is 0 Å². The van der Waals surface area contributed by atoms with Gasteiger partial charge in [-0.2, -0.15) is 0 Å². The maximum atomic E-state index is 12.1. The average Bonchev–Trinajstić information content (AvgIpc) is 3.27. The molecule has 0 aromatic carbocycles. The zero-order valence-corrected chi connectivity index (χ0v) is 12.7. The van der Waals surface area contributed by atoms with Gasteiger partial charge in [-0.15, -0.1) is 11.8 Å². The second kappa shape index (κ2) is 7.84. The summed E-state index contributed by atoms with van der Waals surface area (Å²) in [7, 11) is 2.48. The number of rotatable bonds is 7. The second-order valence-electron chi connectivity index (χ2n) is 5.14. The number of esters is 2. The Morgan fingerprint density at radius 3 is 2.38 bits per heavy atom. The molecule has 1 fully saturated rings. The quantitative estimate of drug-likeness (QED) is 0.332. The van der Waals surface area contributed by atoms with Gasteiger partial charge in [-0.1, -0.05) is 12.2 Å². The highest BCUT2D eigenvalue weighted by molar-refractivity contribution is 6.00. The van der Waals surface area contributed by atoms with Crippen LogP contribution in [0.1, 0.15) is 26.2 Å². The molecule has 0 amide bonds. The van der Waals surface area contributed by atoms with Gasteiger partial charge in [0.2, 0.25) is 0 Å². The van der Waals surface area contributed by atoms with E-state index in [0.29, 0.717) is 11.8 Å². The van der Waals surface area contributed by atoms with E-state index in [0.717, 1.165) is 6.42 Å². The number of hydrogen-bond acceptors (Lipinski definition) is 5. The van der Waals surface area contributed by atoms with Gasteiger partial charge in [0.25, 0.3) is 0 Å². The lowest BCUT2D eigenvalue weighted by Gasteiger charge is -2.24. The Labute approximate surface area is 125 Å². The van der Waals surface area contributed by atoms with Crippen LogP contribution in [-0.2, 0) is 19.1 Å². The van der Waals surface area contributed by atoms with Gasteiger partial charge in [0.05, 0.1) is 14.2 Å². The molecular formula is C16H22O5. The molecule has 0 saturated heterocycles. The molecule has 0 bridgehead atoms. The van der Waals surface area contributed by atoms with Crippen LogP contribution >= 0.6 is 0 Å². The topological polar surface area (TPSA) is 72.8 Å². The number of aliphatic hydroxyl groups excluding tert-OH is 1. The molecule has 0 aromatic rings. The zero-order valence-electron chi connectivity index (χ0n) is 12.7. The minimum absolute atomic E-state index is 0.0568. The molecule has 5 nitrogen and oxygen atoms in total. The smallest absolute Gasteiger partial charge is 0.324 e. The van der Waals surface area contributed by atoms with Crippen molar-refractivity contribution in [2.75, 3.05) is 20.8 Å². The fourth-order valence-electron chi connectivity index (χ4n) is 2.26. The van der Waals surface area contributed by atoms with Gasteiger partial charge < -0.3 is 14.6 Å². The molecule has 0 spiro atoms. The second-order valence-corrected chi connectivity index (χ2v) is 5.14. The molecule has 1 aliphatic carbocycles. The van der Waals surface area contributed by atoms with Crippen LogP contribution in [0.5, 0.6) is 0 Å². The molecular weight excluding hydrogens is 272 g/mol. The van der Waals surface area contributed by atoms with Crippen LogP contribution in [0.25, 0.3) is 0 Å². The first-order chi connectivity index (χ1) is 10.1. The Morgan fingerprint density at radius 2 is 1.95 bits per heavy atom. The summed E-state index contributed by atoms with van der Waals surface area (Å²) in [6.45, 7) is 1.81. The summed E-state index contributed by atoms with van der Waals surface area (Å²) < 4.78 is 9.54. The van der Waals surface area contributed by atoms with Crippen LogP contribution in [0.3, 0.4) is 0 Å². The summed E-state index contributed by atoms with van der Waals surface area (Å²) in [6, 6.07) is 0. The summed E-state index contributed by atoms with van der Waals surface area (Å²) in [6.07, 6.45) is 4.88. The minimum Gasteiger partial charge on any atom is -0.468 e. The Balaban J connectivity index is 2.89. The van der Waals surface area contributed by atoms with E-state index in [2.05, 4.69) is 11.8 Å². The van der Waals surface area contributed by atoms with Crippen molar-refractivity contribution in [3.05, 3.63) is 12.2 Å². The van der Waals surface area contributed by atoms with Crippen molar-refractivity contribution in [2.24, 2.45) is 17.3 Å². The van der Waals surface area contributed by atoms with Crippen molar-refractivity contribution >= 4 is 11.9 Å². The van der Waals surface area contributed by atoms with E-state index in [1.807, 2.05) is 6.08 Å². The van der Waals surface area contributed by atoms with Crippen molar-refractivity contribution in [2.45, 2.75) is 26.2 Å². The summed E-state index contributed by atoms with van der Waals surface area (Å²) in [4.78, 5) is 24.2. The molecule has 0 aromatic heterocycles. The fraction of sp³-hybridized carbons (Fsp3) is 0.625. The Morgan fingerprint density at radius 1 is 1.33 bits per heavy atom. The number of ether oxygens (including phenoxy) is 2. The third-order valence-corrected chi connectivity index (χ3v) is 3.78. The molecule has 2 atom stereocenters. The van der Waals surface area contributed by atoms with Crippen molar-refractivity contribution in [1.82, 2.24) is 0 Å². The molecule has 0 aliphatic heterocycles. The van der Waals surface area contributed by atoms with Crippen molar-refractivity contribution < 1.29 is 24.2 Å². The lowest BCUT2D eigenvalue weighted by Crippen LogP contribution is -2.40. The molecule has 1 N–H and O–H groups in total. The molecule has 1 rings (SSSR count). The van der Waals surface area contributed by atoms with Gasteiger partial charge in [-0.25, -0.2) is 0 Å². The Kier molecular flexibility index (Phi) is 6.44. The molecule has 1 aliphatic rings. The van der Waals surface area contributed by atoms with Gasteiger partial charge in [-0.05, 0) is 31.6 Å². The van der Waals surface area contributed by atoms with Crippen molar-refractivity contribution in [1.29, 1.82) is 0 Å². The molecule has 116 valence electrons. The van der Waals surface area contributed by atoms with E-state index in [1.165, 1.54) is 14.2 Å². The first kappa shape index (κ1) is 17.3. The van der Waals surface area contributed by atoms with Crippen LogP contribution < -0.4 is 0 Å².